The highest BCUT2D eigenvalue weighted by Crippen LogP contribution is 2.57. The van der Waals surface area contributed by atoms with Gasteiger partial charge < -0.3 is 14.2 Å². The van der Waals surface area contributed by atoms with E-state index in [4.69, 9.17) is 14.2 Å². The van der Waals surface area contributed by atoms with E-state index in [1.165, 1.54) is 0 Å². The van der Waals surface area contributed by atoms with Crippen molar-refractivity contribution in [2.24, 2.45) is 11.3 Å². The maximum Gasteiger partial charge on any atom is 0.178 e. The Morgan fingerprint density at radius 1 is 1.26 bits per heavy atom. The summed E-state index contributed by atoms with van der Waals surface area (Å²) in [6.45, 7) is 12.5. The van der Waals surface area contributed by atoms with Gasteiger partial charge in [0.2, 0.25) is 0 Å². The number of allylic oxidation sites excluding steroid dienone is 1. The number of fused-ring (bicyclic) bond motifs is 1. The van der Waals surface area contributed by atoms with Crippen LogP contribution in [0.5, 0.6) is 0 Å². The van der Waals surface area contributed by atoms with Gasteiger partial charge in [0.1, 0.15) is 0 Å². The molecule has 0 radical (unpaired) electrons. The largest absolute Gasteiger partial charge is 0.358 e. The molecule has 1 aliphatic carbocycles. The fraction of sp³-hybridized carbons (Fsp3) is 0.800. The highest BCUT2D eigenvalue weighted by Gasteiger charge is 2.71. The molecule has 106 valence electrons. The Kier molecular flexibility index (Phi) is 2.58. The second-order valence-electron chi connectivity index (χ2n) is 6.81. The average Bonchev–Trinajstić information content (AvgIpc) is 2.99. The SMILES string of the molecule is C=C(C)[C@H]1C[C@@H]2O[C@]2(C)C(=O)C12COC(C)(C)OC2. The van der Waals surface area contributed by atoms with E-state index >= 15 is 0 Å². The normalized spacial score (nSPS) is 42.8. The lowest BCUT2D eigenvalue weighted by Gasteiger charge is -2.49. The first kappa shape index (κ1) is 13.3. The fourth-order valence-electron chi connectivity index (χ4n) is 3.52. The Hall–Kier alpha value is -0.710. The van der Waals surface area contributed by atoms with E-state index in [0.717, 1.165) is 12.0 Å². The predicted molar refractivity (Wildman–Crippen MR) is 69.6 cm³/mol. The van der Waals surface area contributed by atoms with Gasteiger partial charge in [-0.05, 0) is 40.0 Å². The first-order valence-corrected chi connectivity index (χ1v) is 6.87. The van der Waals surface area contributed by atoms with Gasteiger partial charge in [0.05, 0.1) is 24.7 Å². The number of Topliss-reactive ketones (excluding diaryl/α,β-unsaturated/α-hetero) is 1. The van der Waals surface area contributed by atoms with E-state index in [1.54, 1.807) is 0 Å². The van der Waals surface area contributed by atoms with Crippen molar-refractivity contribution in [1.29, 1.82) is 0 Å². The van der Waals surface area contributed by atoms with E-state index in [2.05, 4.69) is 6.58 Å². The van der Waals surface area contributed by atoms with Crippen molar-refractivity contribution in [3.63, 3.8) is 0 Å². The van der Waals surface area contributed by atoms with Crippen LogP contribution in [-0.2, 0) is 19.0 Å². The van der Waals surface area contributed by atoms with Crippen LogP contribution in [0.25, 0.3) is 0 Å². The third kappa shape index (κ3) is 1.73. The molecular weight excluding hydrogens is 244 g/mol. The summed E-state index contributed by atoms with van der Waals surface area (Å²) in [6, 6.07) is 0. The maximum absolute atomic E-state index is 12.9. The van der Waals surface area contributed by atoms with Gasteiger partial charge in [-0.1, -0.05) is 12.2 Å². The van der Waals surface area contributed by atoms with E-state index in [-0.39, 0.29) is 17.8 Å². The molecule has 3 rings (SSSR count). The van der Waals surface area contributed by atoms with E-state index in [1.807, 2.05) is 27.7 Å². The number of epoxide rings is 1. The lowest BCUT2D eigenvalue weighted by Crippen LogP contribution is -2.60. The highest BCUT2D eigenvalue weighted by molar-refractivity contribution is 5.97. The summed E-state index contributed by atoms with van der Waals surface area (Å²) >= 11 is 0. The lowest BCUT2D eigenvalue weighted by atomic mass is 9.60. The van der Waals surface area contributed by atoms with E-state index in [9.17, 15) is 4.79 Å². The summed E-state index contributed by atoms with van der Waals surface area (Å²) in [5.41, 5.74) is -0.235. The van der Waals surface area contributed by atoms with Crippen LogP contribution in [0, 0.1) is 11.3 Å². The molecule has 0 unspecified atom stereocenters. The fourth-order valence-corrected chi connectivity index (χ4v) is 3.52. The van der Waals surface area contributed by atoms with Crippen molar-refractivity contribution in [2.75, 3.05) is 13.2 Å². The van der Waals surface area contributed by atoms with Crippen molar-refractivity contribution in [2.45, 2.75) is 51.6 Å². The van der Waals surface area contributed by atoms with Crippen LogP contribution in [0.1, 0.15) is 34.1 Å². The highest BCUT2D eigenvalue weighted by atomic mass is 16.7. The van der Waals surface area contributed by atoms with Crippen LogP contribution in [0.3, 0.4) is 0 Å². The zero-order chi connectivity index (χ0) is 14.1. The number of carbonyl (C=O) groups is 1. The maximum atomic E-state index is 12.9. The molecular formula is C15H22O4. The molecule has 0 amide bonds. The molecule has 4 nitrogen and oxygen atoms in total. The average molecular weight is 266 g/mol. The van der Waals surface area contributed by atoms with Crippen molar-refractivity contribution in [1.82, 2.24) is 0 Å². The third-order valence-electron chi connectivity index (χ3n) is 4.91. The second kappa shape index (κ2) is 3.68. The molecule has 2 aliphatic heterocycles. The summed E-state index contributed by atoms with van der Waals surface area (Å²) in [4.78, 5) is 12.9. The van der Waals surface area contributed by atoms with Crippen molar-refractivity contribution in [3.8, 4) is 0 Å². The van der Waals surface area contributed by atoms with Gasteiger partial charge in [-0.2, -0.15) is 0 Å². The standard InChI is InChI=1S/C15H22O4/c1-9(2)10-6-11-14(5,19-11)12(16)15(10)7-17-13(3,4)18-8-15/h10-11H,1,6-8H2,2-5H3/t10-,11+,14+/m1/s1. The van der Waals surface area contributed by atoms with Gasteiger partial charge in [-0.25, -0.2) is 0 Å². The lowest BCUT2D eigenvalue weighted by molar-refractivity contribution is -0.287. The second-order valence-corrected chi connectivity index (χ2v) is 6.81. The Morgan fingerprint density at radius 3 is 2.37 bits per heavy atom. The molecule has 2 heterocycles. The molecule has 4 heteroatoms. The number of hydrogen-bond acceptors (Lipinski definition) is 4. The summed E-state index contributed by atoms with van der Waals surface area (Å²) in [7, 11) is 0. The Balaban J connectivity index is 1.95. The van der Waals surface area contributed by atoms with Crippen LogP contribution < -0.4 is 0 Å². The minimum atomic E-state index is -0.625. The van der Waals surface area contributed by atoms with Crippen molar-refractivity contribution >= 4 is 5.78 Å². The number of ether oxygens (including phenoxy) is 3. The Bertz CT molecular complexity index is 443. The Labute approximate surface area is 114 Å². The number of rotatable bonds is 1. The van der Waals surface area contributed by atoms with Crippen LogP contribution in [-0.4, -0.2) is 36.5 Å². The summed E-state index contributed by atoms with van der Waals surface area (Å²) in [5, 5.41) is 0. The Morgan fingerprint density at radius 2 is 1.84 bits per heavy atom. The first-order chi connectivity index (χ1) is 8.71. The summed E-state index contributed by atoms with van der Waals surface area (Å²) in [6.07, 6.45) is 0.882. The van der Waals surface area contributed by atoms with Crippen LogP contribution >= 0.6 is 0 Å². The molecule has 0 N–H and O–H groups in total. The van der Waals surface area contributed by atoms with Crippen LogP contribution in [0.2, 0.25) is 0 Å². The minimum absolute atomic E-state index is 0.0438. The van der Waals surface area contributed by atoms with Crippen molar-refractivity contribution in [3.05, 3.63) is 12.2 Å². The zero-order valence-electron chi connectivity index (χ0n) is 12.1. The molecule has 1 saturated carbocycles. The van der Waals surface area contributed by atoms with Gasteiger partial charge in [0.25, 0.3) is 0 Å². The monoisotopic (exact) mass is 266 g/mol. The predicted octanol–water partition coefficient (Wildman–Crippen LogP) is 2.08. The quantitative estimate of drug-likeness (QED) is 0.538. The topological polar surface area (TPSA) is 48.1 Å². The molecule has 3 aliphatic rings. The van der Waals surface area contributed by atoms with Crippen molar-refractivity contribution < 1.29 is 19.0 Å². The van der Waals surface area contributed by atoms with Crippen LogP contribution in [0.15, 0.2) is 12.2 Å². The van der Waals surface area contributed by atoms with Gasteiger partial charge >= 0.3 is 0 Å². The minimum Gasteiger partial charge on any atom is -0.358 e. The molecule has 3 atom stereocenters. The zero-order valence-corrected chi connectivity index (χ0v) is 12.1. The smallest absolute Gasteiger partial charge is 0.178 e. The van der Waals surface area contributed by atoms with Gasteiger partial charge in [-0.3, -0.25) is 4.79 Å². The van der Waals surface area contributed by atoms with Crippen LogP contribution in [0.4, 0.5) is 0 Å². The van der Waals surface area contributed by atoms with Gasteiger partial charge in [-0.15, -0.1) is 0 Å². The number of hydrogen-bond donors (Lipinski definition) is 0. The molecule has 1 spiro atoms. The van der Waals surface area contributed by atoms with E-state index in [0.29, 0.717) is 13.2 Å². The van der Waals surface area contributed by atoms with Gasteiger partial charge in [0.15, 0.2) is 17.2 Å². The van der Waals surface area contributed by atoms with Gasteiger partial charge in [0, 0.05) is 0 Å². The molecule has 0 aromatic carbocycles. The molecule has 0 aromatic rings. The summed E-state index contributed by atoms with van der Waals surface area (Å²) in [5.74, 6) is -0.413. The third-order valence-corrected chi connectivity index (χ3v) is 4.91. The molecule has 0 bridgehead atoms. The first-order valence-electron chi connectivity index (χ1n) is 6.87. The number of carbonyl (C=O) groups excluding carboxylic acids is 1. The molecule has 2 saturated heterocycles. The molecule has 19 heavy (non-hydrogen) atoms. The van der Waals surface area contributed by atoms with E-state index < -0.39 is 16.8 Å². The summed E-state index contributed by atoms with van der Waals surface area (Å²) < 4.78 is 17.2. The molecule has 3 fully saturated rings. The molecule has 0 aromatic heterocycles. The number of ketones is 1.